The molecule has 2 heterocycles. The van der Waals surface area contributed by atoms with Crippen molar-refractivity contribution in [2.45, 2.75) is 53.4 Å². The zero-order valence-corrected chi connectivity index (χ0v) is 12.3. The Morgan fingerprint density at radius 1 is 1.11 bits per heavy atom. The molecule has 0 aliphatic carbocycles. The summed E-state index contributed by atoms with van der Waals surface area (Å²) in [7, 11) is 0. The lowest BCUT2D eigenvalue weighted by Crippen LogP contribution is -2.21. The number of imidazole rings is 1. The summed E-state index contributed by atoms with van der Waals surface area (Å²) in [5, 5.41) is 0. The lowest BCUT2D eigenvalue weighted by atomic mass is 9.90. The molecule has 0 aromatic carbocycles. The van der Waals surface area contributed by atoms with Crippen LogP contribution in [0.15, 0.2) is 18.5 Å². The third-order valence-corrected chi connectivity index (χ3v) is 2.83. The Morgan fingerprint density at radius 3 is 2.33 bits per heavy atom. The van der Waals surface area contributed by atoms with Crippen LogP contribution in [-0.4, -0.2) is 14.4 Å². The zero-order chi connectivity index (χ0) is 13.6. The maximum atomic E-state index is 4.85. The summed E-state index contributed by atoms with van der Waals surface area (Å²) in [6.45, 7) is 13.3. The van der Waals surface area contributed by atoms with Gasteiger partial charge in [-0.3, -0.25) is 4.40 Å². The van der Waals surface area contributed by atoms with Crippen molar-refractivity contribution in [3.63, 3.8) is 0 Å². The van der Waals surface area contributed by atoms with Crippen LogP contribution in [0.2, 0.25) is 0 Å². The molecule has 0 aliphatic rings. The Balaban J connectivity index is 2.58. The van der Waals surface area contributed by atoms with Crippen LogP contribution in [0.5, 0.6) is 0 Å². The molecule has 0 atom stereocenters. The number of fused-ring (bicyclic) bond motifs is 1. The average molecular weight is 245 g/mol. The normalized spacial score (nSPS) is 13.2. The van der Waals surface area contributed by atoms with Gasteiger partial charge in [0.2, 0.25) is 0 Å². The molecule has 2 rings (SSSR count). The summed E-state index contributed by atoms with van der Waals surface area (Å²) in [6, 6.07) is 2.10. The third kappa shape index (κ3) is 2.71. The van der Waals surface area contributed by atoms with Crippen molar-refractivity contribution in [1.29, 1.82) is 0 Å². The van der Waals surface area contributed by atoms with Gasteiger partial charge in [-0.15, -0.1) is 0 Å². The van der Waals surface area contributed by atoms with Crippen molar-refractivity contribution >= 4 is 5.65 Å². The van der Waals surface area contributed by atoms with E-state index in [4.69, 9.17) is 4.98 Å². The first-order valence-electron chi connectivity index (χ1n) is 6.50. The van der Waals surface area contributed by atoms with Gasteiger partial charge in [0.1, 0.15) is 11.5 Å². The molecule has 0 unspecified atom stereocenters. The molecule has 0 saturated carbocycles. The fourth-order valence-corrected chi connectivity index (χ4v) is 2.14. The molecule has 98 valence electrons. The average Bonchev–Trinajstić information content (AvgIpc) is 2.59. The van der Waals surface area contributed by atoms with Crippen molar-refractivity contribution in [2.24, 2.45) is 5.41 Å². The molecule has 2 aromatic rings. The van der Waals surface area contributed by atoms with Crippen molar-refractivity contribution in [3.05, 3.63) is 30.0 Å². The van der Waals surface area contributed by atoms with Gasteiger partial charge in [-0.2, -0.15) is 0 Å². The van der Waals surface area contributed by atoms with E-state index in [1.807, 2.05) is 12.4 Å². The van der Waals surface area contributed by atoms with Gasteiger partial charge in [-0.1, -0.05) is 41.5 Å². The van der Waals surface area contributed by atoms with E-state index >= 15 is 0 Å². The minimum absolute atomic E-state index is 0.0207. The summed E-state index contributed by atoms with van der Waals surface area (Å²) in [5.41, 5.74) is 2.39. The molecule has 18 heavy (non-hydrogen) atoms. The van der Waals surface area contributed by atoms with Crippen molar-refractivity contribution in [1.82, 2.24) is 14.4 Å². The molecule has 0 aliphatic heterocycles. The molecule has 0 amide bonds. The number of nitrogens with zero attached hydrogens (tertiary/aromatic N) is 3. The Morgan fingerprint density at radius 2 is 1.78 bits per heavy atom. The largest absolute Gasteiger partial charge is 0.287 e. The topological polar surface area (TPSA) is 30.2 Å². The van der Waals surface area contributed by atoms with E-state index in [1.165, 1.54) is 0 Å². The Hall–Kier alpha value is -1.38. The van der Waals surface area contributed by atoms with E-state index in [2.05, 4.69) is 57.0 Å². The molecular weight excluding hydrogens is 222 g/mol. The van der Waals surface area contributed by atoms with E-state index < -0.39 is 0 Å². The maximum Gasteiger partial charge on any atom is 0.139 e. The Labute approximate surface area is 109 Å². The molecule has 0 fully saturated rings. The van der Waals surface area contributed by atoms with E-state index in [1.54, 1.807) is 0 Å². The summed E-state index contributed by atoms with van der Waals surface area (Å²) < 4.78 is 2.09. The van der Waals surface area contributed by atoms with Crippen LogP contribution >= 0.6 is 0 Å². The van der Waals surface area contributed by atoms with Crippen LogP contribution in [0.25, 0.3) is 5.65 Å². The molecular formula is C15H23N3. The second-order valence-corrected chi connectivity index (χ2v) is 7.21. The van der Waals surface area contributed by atoms with Gasteiger partial charge in [0.25, 0.3) is 0 Å². The van der Waals surface area contributed by atoms with Crippen molar-refractivity contribution < 1.29 is 0 Å². The SMILES string of the molecule is CC(C)(C)Cc1cc2nccn2c(C(C)(C)C)n1. The molecule has 0 bridgehead atoms. The zero-order valence-electron chi connectivity index (χ0n) is 12.3. The predicted molar refractivity (Wildman–Crippen MR) is 74.8 cm³/mol. The van der Waals surface area contributed by atoms with Crippen LogP contribution in [0.1, 0.15) is 53.1 Å². The first-order valence-corrected chi connectivity index (χ1v) is 6.50. The molecule has 3 heteroatoms. The minimum atomic E-state index is 0.0207. The lowest BCUT2D eigenvalue weighted by molar-refractivity contribution is 0.403. The highest BCUT2D eigenvalue weighted by Gasteiger charge is 2.22. The number of rotatable bonds is 1. The molecule has 0 N–H and O–H groups in total. The van der Waals surface area contributed by atoms with Crippen LogP contribution < -0.4 is 0 Å². The fourth-order valence-electron chi connectivity index (χ4n) is 2.14. The summed E-state index contributed by atoms with van der Waals surface area (Å²) in [5.74, 6) is 1.08. The number of hydrogen-bond donors (Lipinski definition) is 0. The predicted octanol–water partition coefficient (Wildman–Crippen LogP) is 3.62. The third-order valence-electron chi connectivity index (χ3n) is 2.83. The second-order valence-electron chi connectivity index (χ2n) is 7.21. The lowest BCUT2D eigenvalue weighted by Gasteiger charge is -2.23. The van der Waals surface area contributed by atoms with E-state index in [-0.39, 0.29) is 10.8 Å². The van der Waals surface area contributed by atoms with Crippen LogP contribution in [0, 0.1) is 5.41 Å². The van der Waals surface area contributed by atoms with Gasteiger partial charge in [0, 0.05) is 29.6 Å². The van der Waals surface area contributed by atoms with Gasteiger partial charge >= 0.3 is 0 Å². The second kappa shape index (κ2) is 4.08. The summed E-state index contributed by atoms with van der Waals surface area (Å²) >= 11 is 0. The highest BCUT2D eigenvalue weighted by molar-refractivity contribution is 5.41. The van der Waals surface area contributed by atoms with Crippen LogP contribution in [0.3, 0.4) is 0 Å². The summed E-state index contributed by atoms with van der Waals surface area (Å²) in [4.78, 5) is 9.26. The molecule has 2 aromatic heterocycles. The maximum absolute atomic E-state index is 4.85. The number of aromatic nitrogens is 3. The number of hydrogen-bond acceptors (Lipinski definition) is 2. The highest BCUT2D eigenvalue weighted by atomic mass is 15.1. The van der Waals surface area contributed by atoms with Gasteiger partial charge in [-0.05, 0) is 11.8 Å². The van der Waals surface area contributed by atoms with Gasteiger partial charge < -0.3 is 0 Å². The summed E-state index contributed by atoms with van der Waals surface area (Å²) in [6.07, 6.45) is 4.80. The Bertz CT molecular complexity index is 553. The minimum Gasteiger partial charge on any atom is -0.287 e. The van der Waals surface area contributed by atoms with E-state index in [0.29, 0.717) is 0 Å². The van der Waals surface area contributed by atoms with Crippen LogP contribution in [0.4, 0.5) is 0 Å². The molecule has 0 spiro atoms. The first kappa shape index (κ1) is 13.1. The van der Waals surface area contributed by atoms with Crippen molar-refractivity contribution in [2.75, 3.05) is 0 Å². The quantitative estimate of drug-likeness (QED) is 0.768. The smallest absolute Gasteiger partial charge is 0.139 e. The molecule has 3 nitrogen and oxygen atoms in total. The highest BCUT2D eigenvalue weighted by Crippen LogP contribution is 2.25. The van der Waals surface area contributed by atoms with E-state index in [0.717, 1.165) is 23.6 Å². The molecule has 0 saturated heterocycles. The standard InChI is InChI=1S/C15H23N3/c1-14(2,3)10-11-9-12-16-7-8-18(12)13(17-11)15(4,5)6/h7-9H,10H2,1-6H3. The van der Waals surface area contributed by atoms with Gasteiger partial charge in [0.15, 0.2) is 0 Å². The van der Waals surface area contributed by atoms with Gasteiger partial charge in [0.05, 0.1) is 0 Å². The Kier molecular flexibility index (Phi) is 2.96. The van der Waals surface area contributed by atoms with Gasteiger partial charge in [-0.25, -0.2) is 9.97 Å². The molecule has 0 radical (unpaired) electrons. The monoisotopic (exact) mass is 245 g/mol. The van der Waals surface area contributed by atoms with Crippen LogP contribution in [-0.2, 0) is 11.8 Å². The first-order chi connectivity index (χ1) is 8.17. The fraction of sp³-hybridized carbons (Fsp3) is 0.600. The van der Waals surface area contributed by atoms with Crippen molar-refractivity contribution in [3.8, 4) is 0 Å². The van der Waals surface area contributed by atoms with E-state index in [9.17, 15) is 0 Å².